The summed E-state index contributed by atoms with van der Waals surface area (Å²) in [5, 5.41) is 10.6. The Morgan fingerprint density at radius 2 is 2.31 bits per heavy atom. The lowest BCUT2D eigenvalue weighted by Crippen LogP contribution is -2.02. The van der Waals surface area contributed by atoms with Crippen LogP contribution in [0.1, 0.15) is 5.56 Å². The first-order valence-electron chi connectivity index (χ1n) is 4.78. The number of nitro benzene ring substituents is 1. The number of benzene rings is 1. The molecule has 5 nitrogen and oxygen atoms in total. The molecule has 0 radical (unpaired) electrons. The second-order valence-corrected chi connectivity index (χ2v) is 4.20. The summed E-state index contributed by atoms with van der Waals surface area (Å²) in [6.07, 6.45) is 0. The maximum Gasteiger partial charge on any atom is 0.270 e. The molecule has 0 spiro atoms. The van der Waals surface area contributed by atoms with Crippen molar-refractivity contribution in [3.8, 4) is 5.75 Å². The van der Waals surface area contributed by atoms with Gasteiger partial charge in [-0.3, -0.25) is 10.1 Å². The first kappa shape index (κ1) is 12.8. The number of nitro groups is 1. The van der Waals surface area contributed by atoms with Crippen molar-refractivity contribution in [2.45, 2.75) is 5.75 Å². The van der Waals surface area contributed by atoms with Gasteiger partial charge >= 0.3 is 0 Å². The van der Waals surface area contributed by atoms with E-state index in [0.29, 0.717) is 18.0 Å². The molecule has 0 aliphatic rings. The van der Waals surface area contributed by atoms with Gasteiger partial charge in [-0.15, -0.1) is 0 Å². The van der Waals surface area contributed by atoms with Gasteiger partial charge in [0.05, 0.1) is 12.0 Å². The lowest BCUT2D eigenvalue weighted by Gasteiger charge is -2.07. The molecule has 0 unspecified atom stereocenters. The highest BCUT2D eigenvalue weighted by molar-refractivity contribution is 7.98. The third-order valence-corrected chi connectivity index (χ3v) is 3.03. The molecule has 0 fully saturated rings. The van der Waals surface area contributed by atoms with Crippen LogP contribution < -0.4 is 10.5 Å². The number of nitrogens with zero attached hydrogens (tertiary/aromatic N) is 1. The van der Waals surface area contributed by atoms with Crippen molar-refractivity contribution in [1.29, 1.82) is 0 Å². The second-order valence-electron chi connectivity index (χ2n) is 3.09. The van der Waals surface area contributed by atoms with Gasteiger partial charge in [0, 0.05) is 35.7 Å². The highest BCUT2D eigenvalue weighted by Crippen LogP contribution is 2.27. The Labute approximate surface area is 98.1 Å². The molecule has 0 aliphatic heterocycles. The van der Waals surface area contributed by atoms with Crippen molar-refractivity contribution in [1.82, 2.24) is 0 Å². The van der Waals surface area contributed by atoms with E-state index >= 15 is 0 Å². The summed E-state index contributed by atoms with van der Waals surface area (Å²) in [7, 11) is 1.55. The zero-order valence-electron chi connectivity index (χ0n) is 9.01. The van der Waals surface area contributed by atoms with Crippen LogP contribution in [-0.4, -0.2) is 24.3 Å². The summed E-state index contributed by atoms with van der Waals surface area (Å²) in [6, 6.07) is 4.61. The van der Waals surface area contributed by atoms with E-state index in [1.165, 1.54) is 6.07 Å². The summed E-state index contributed by atoms with van der Waals surface area (Å²) in [4.78, 5) is 10.2. The zero-order chi connectivity index (χ0) is 12.0. The first-order chi connectivity index (χ1) is 7.69. The minimum Gasteiger partial charge on any atom is -0.496 e. The van der Waals surface area contributed by atoms with Crippen LogP contribution in [0.3, 0.4) is 0 Å². The predicted octanol–water partition coefficient (Wildman–Crippen LogP) is 1.80. The van der Waals surface area contributed by atoms with Gasteiger partial charge in [0.15, 0.2) is 0 Å². The summed E-state index contributed by atoms with van der Waals surface area (Å²) < 4.78 is 5.14. The first-order valence-corrected chi connectivity index (χ1v) is 5.93. The van der Waals surface area contributed by atoms with Crippen LogP contribution in [0.5, 0.6) is 5.75 Å². The molecule has 6 heteroatoms. The van der Waals surface area contributed by atoms with E-state index < -0.39 is 4.92 Å². The maximum atomic E-state index is 10.6. The average Bonchev–Trinajstić information content (AvgIpc) is 2.29. The van der Waals surface area contributed by atoms with Crippen molar-refractivity contribution in [3.05, 3.63) is 33.9 Å². The molecule has 0 bridgehead atoms. The van der Waals surface area contributed by atoms with Gasteiger partial charge < -0.3 is 10.5 Å². The van der Waals surface area contributed by atoms with Crippen LogP contribution in [0.15, 0.2) is 18.2 Å². The molecular formula is C10H14N2O3S. The number of nitrogens with two attached hydrogens (primary N) is 1. The van der Waals surface area contributed by atoms with Crippen LogP contribution in [0.2, 0.25) is 0 Å². The summed E-state index contributed by atoms with van der Waals surface area (Å²) in [6.45, 7) is 0.599. The minimum atomic E-state index is -0.406. The van der Waals surface area contributed by atoms with Gasteiger partial charge in [-0.25, -0.2) is 0 Å². The van der Waals surface area contributed by atoms with Gasteiger partial charge in [-0.2, -0.15) is 11.8 Å². The van der Waals surface area contributed by atoms with Crippen molar-refractivity contribution in [3.63, 3.8) is 0 Å². The monoisotopic (exact) mass is 242 g/mol. The van der Waals surface area contributed by atoms with Crippen molar-refractivity contribution in [2.75, 3.05) is 19.4 Å². The van der Waals surface area contributed by atoms with Gasteiger partial charge in [0.1, 0.15) is 5.75 Å². The number of hydrogen-bond acceptors (Lipinski definition) is 5. The molecule has 88 valence electrons. The van der Waals surface area contributed by atoms with Crippen LogP contribution in [0.4, 0.5) is 5.69 Å². The molecule has 16 heavy (non-hydrogen) atoms. The lowest BCUT2D eigenvalue weighted by molar-refractivity contribution is -0.384. The topological polar surface area (TPSA) is 78.4 Å². The Morgan fingerprint density at radius 3 is 2.88 bits per heavy atom. The van der Waals surface area contributed by atoms with E-state index in [0.717, 1.165) is 11.3 Å². The third-order valence-electron chi connectivity index (χ3n) is 1.99. The summed E-state index contributed by atoms with van der Waals surface area (Å²) in [5.41, 5.74) is 6.30. The van der Waals surface area contributed by atoms with Gasteiger partial charge in [0.2, 0.25) is 0 Å². The van der Waals surface area contributed by atoms with E-state index in [-0.39, 0.29) is 5.69 Å². The molecule has 2 N–H and O–H groups in total. The Balaban J connectivity index is 2.84. The van der Waals surface area contributed by atoms with Crippen LogP contribution in [-0.2, 0) is 5.75 Å². The standard InChI is InChI=1S/C10H14N2O3S/c1-15-10-3-2-9(12(13)14)6-8(10)7-16-5-4-11/h2-3,6H,4-5,7,11H2,1H3. The fraction of sp³-hybridized carbons (Fsp3) is 0.400. The van der Waals surface area contributed by atoms with Gasteiger partial charge in [0.25, 0.3) is 5.69 Å². The highest BCUT2D eigenvalue weighted by atomic mass is 32.2. The maximum absolute atomic E-state index is 10.6. The second kappa shape index (κ2) is 6.34. The Kier molecular flexibility index (Phi) is 5.07. The number of thioether (sulfide) groups is 1. The SMILES string of the molecule is COc1ccc([N+](=O)[O-])cc1CSCCN. The lowest BCUT2D eigenvalue weighted by atomic mass is 10.2. The van der Waals surface area contributed by atoms with E-state index in [9.17, 15) is 10.1 Å². The number of ether oxygens (including phenoxy) is 1. The fourth-order valence-electron chi connectivity index (χ4n) is 1.26. The molecule has 0 heterocycles. The normalized spacial score (nSPS) is 10.1. The number of rotatable bonds is 6. The van der Waals surface area contributed by atoms with Crippen molar-refractivity contribution >= 4 is 17.4 Å². The largest absolute Gasteiger partial charge is 0.496 e. The molecule has 0 amide bonds. The minimum absolute atomic E-state index is 0.0872. The molecule has 0 aliphatic carbocycles. The van der Waals surface area contributed by atoms with E-state index in [1.54, 1.807) is 31.0 Å². The molecule has 0 aromatic heterocycles. The fourth-order valence-corrected chi connectivity index (χ4v) is 2.01. The van der Waals surface area contributed by atoms with E-state index in [2.05, 4.69) is 0 Å². The van der Waals surface area contributed by atoms with Crippen molar-refractivity contribution in [2.24, 2.45) is 5.73 Å². The van der Waals surface area contributed by atoms with Crippen molar-refractivity contribution < 1.29 is 9.66 Å². The van der Waals surface area contributed by atoms with Gasteiger partial charge in [-0.05, 0) is 6.07 Å². The molecule has 1 aromatic carbocycles. The third kappa shape index (κ3) is 3.39. The molecule has 1 rings (SSSR count). The molecule has 0 saturated heterocycles. The Bertz CT molecular complexity index is 371. The number of non-ortho nitro benzene ring substituents is 1. The van der Waals surface area contributed by atoms with Crippen LogP contribution in [0, 0.1) is 10.1 Å². The highest BCUT2D eigenvalue weighted by Gasteiger charge is 2.10. The Morgan fingerprint density at radius 1 is 1.56 bits per heavy atom. The predicted molar refractivity (Wildman–Crippen MR) is 64.9 cm³/mol. The summed E-state index contributed by atoms with van der Waals surface area (Å²) >= 11 is 1.63. The molecule has 0 saturated carbocycles. The summed E-state index contributed by atoms with van der Waals surface area (Å²) in [5.74, 6) is 2.17. The molecule has 0 atom stereocenters. The van der Waals surface area contributed by atoms with E-state index in [4.69, 9.17) is 10.5 Å². The molecule has 1 aromatic rings. The average molecular weight is 242 g/mol. The smallest absolute Gasteiger partial charge is 0.270 e. The molecular weight excluding hydrogens is 228 g/mol. The van der Waals surface area contributed by atoms with E-state index in [1.807, 2.05) is 0 Å². The zero-order valence-corrected chi connectivity index (χ0v) is 9.83. The number of methoxy groups -OCH3 is 1. The van der Waals surface area contributed by atoms with Gasteiger partial charge in [-0.1, -0.05) is 0 Å². The Hall–Kier alpha value is -1.27. The quantitative estimate of drug-likeness (QED) is 0.467. The number of hydrogen-bond donors (Lipinski definition) is 1. The van der Waals surface area contributed by atoms with Crippen LogP contribution in [0.25, 0.3) is 0 Å². The van der Waals surface area contributed by atoms with Crippen LogP contribution >= 0.6 is 11.8 Å².